The molecule has 0 aromatic heterocycles. The standard InChI is InChI=1S/C29H37FN4O8S/c1-17-10-11-29(13-17,25(36)32-43(39,40)20-8-9-20)31-24(35)23-12-19(15-34(23)27(38)42-28(2,3)4)41-26(37)33-14-18-6-5-7-22(30)21(18)16-33/h5-7,19-20,23H,1,8-16H2,2-4H3,(H,31,35)(H,32,36)/t19-,23+,29-/m1/s1. The predicted molar refractivity (Wildman–Crippen MR) is 151 cm³/mol. The number of nitrogens with zero attached hydrogens (tertiary/aromatic N) is 2. The van der Waals surface area contributed by atoms with Crippen LogP contribution in [0.25, 0.3) is 0 Å². The zero-order chi connectivity index (χ0) is 31.3. The highest BCUT2D eigenvalue weighted by atomic mass is 32.2. The van der Waals surface area contributed by atoms with Crippen LogP contribution < -0.4 is 10.0 Å². The van der Waals surface area contributed by atoms with Gasteiger partial charge in [-0.1, -0.05) is 24.3 Å². The normalized spacial score (nSPS) is 25.3. The molecule has 14 heteroatoms. The van der Waals surface area contributed by atoms with Gasteiger partial charge in [-0.3, -0.25) is 24.1 Å². The van der Waals surface area contributed by atoms with Crippen LogP contribution in [-0.4, -0.2) is 77.3 Å². The fourth-order valence-electron chi connectivity index (χ4n) is 5.74. The number of rotatable bonds is 6. The van der Waals surface area contributed by atoms with Gasteiger partial charge in [-0.25, -0.2) is 22.4 Å². The lowest BCUT2D eigenvalue weighted by Gasteiger charge is -2.32. The number of carbonyl (C=O) groups is 4. The molecule has 1 aromatic rings. The second-order valence-corrected chi connectivity index (χ2v) is 14.8. The summed E-state index contributed by atoms with van der Waals surface area (Å²) in [6.07, 6.45) is -1.04. The van der Waals surface area contributed by atoms with Crippen molar-refractivity contribution >= 4 is 34.0 Å². The van der Waals surface area contributed by atoms with Crippen molar-refractivity contribution in [2.75, 3.05) is 6.54 Å². The predicted octanol–water partition coefficient (Wildman–Crippen LogP) is 2.86. The number of nitrogens with one attached hydrogen (secondary N) is 2. The van der Waals surface area contributed by atoms with Crippen molar-refractivity contribution in [3.63, 3.8) is 0 Å². The van der Waals surface area contributed by atoms with Gasteiger partial charge in [-0.05, 0) is 58.1 Å². The number of amides is 4. The third kappa shape index (κ3) is 6.63. The van der Waals surface area contributed by atoms with Crippen LogP contribution in [0.4, 0.5) is 14.0 Å². The maximum atomic E-state index is 14.2. The molecule has 234 valence electrons. The molecule has 43 heavy (non-hydrogen) atoms. The van der Waals surface area contributed by atoms with E-state index in [1.54, 1.807) is 32.9 Å². The summed E-state index contributed by atoms with van der Waals surface area (Å²) in [5.74, 6) is -1.98. The van der Waals surface area contributed by atoms with Crippen molar-refractivity contribution in [3.05, 3.63) is 47.3 Å². The molecule has 2 N–H and O–H groups in total. The van der Waals surface area contributed by atoms with E-state index in [2.05, 4.69) is 16.6 Å². The lowest BCUT2D eigenvalue weighted by molar-refractivity contribution is -0.134. The molecule has 5 rings (SSSR count). The number of sulfonamides is 1. The van der Waals surface area contributed by atoms with Gasteiger partial charge in [0.2, 0.25) is 15.9 Å². The Morgan fingerprint density at radius 1 is 1.12 bits per heavy atom. The van der Waals surface area contributed by atoms with Crippen LogP contribution >= 0.6 is 0 Å². The molecule has 3 fully saturated rings. The zero-order valence-corrected chi connectivity index (χ0v) is 25.3. The van der Waals surface area contributed by atoms with Gasteiger partial charge in [-0.15, -0.1) is 0 Å². The second kappa shape index (κ2) is 11.1. The number of benzene rings is 1. The molecule has 0 radical (unpaired) electrons. The van der Waals surface area contributed by atoms with E-state index in [0.717, 1.165) is 4.90 Å². The number of hydrogen-bond donors (Lipinski definition) is 2. The Morgan fingerprint density at radius 3 is 2.44 bits per heavy atom. The topological polar surface area (TPSA) is 151 Å². The van der Waals surface area contributed by atoms with E-state index < -0.39 is 68.4 Å². The Labute approximate surface area is 250 Å². The van der Waals surface area contributed by atoms with Gasteiger partial charge in [-0.2, -0.15) is 0 Å². The van der Waals surface area contributed by atoms with E-state index in [9.17, 15) is 32.0 Å². The molecule has 3 atom stereocenters. The highest BCUT2D eigenvalue weighted by Gasteiger charge is 2.51. The number of ether oxygens (including phenoxy) is 2. The molecule has 4 amide bonds. The number of likely N-dealkylation sites (tertiary alicyclic amines) is 1. The van der Waals surface area contributed by atoms with Gasteiger partial charge in [0.25, 0.3) is 5.91 Å². The second-order valence-electron chi connectivity index (χ2n) is 12.8. The minimum Gasteiger partial charge on any atom is -0.444 e. The maximum absolute atomic E-state index is 14.2. The van der Waals surface area contributed by atoms with Gasteiger partial charge in [0.05, 0.1) is 18.3 Å². The van der Waals surface area contributed by atoms with Gasteiger partial charge in [0, 0.05) is 24.9 Å². The van der Waals surface area contributed by atoms with Crippen LogP contribution in [-0.2, 0) is 42.2 Å². The summed E-state index contributed by atoms with van der Waals surface area (Å²) in [6.45, 7) is 8.95. The summed E-state index contributed by atoms with van der Waals surface area (Å²) < 4.78 is 52.6. The SMILES string of the molecule is C=C1CC[C@](NC(=O)[C@@H]2C[C@@H](OC(=O)N3Cc4cccc(F)c4C3)CN2C(=O)OC(C)(C)C)(C(=O)NS(=O)(=O)C2CC2)C1. The molecule has 1 saturated heterocycles. The largest absolute Gasteiger partial charge is 0.444 e. The molecule has 1 aromatic carbocycles. The summed E-state index contributed by atoms with van der Waals surface area (Å²) in [5, 5.41) is 2.09. The molecule has 2 saturated carbocycles. The van der Waals surface area contributed by atoms with E-state index >= 15 is 0 Å². The number of fused-ring (bicyclic) bond motifs is 1. The smallest absolute Gasteiger partial charge is 0.411 e. The quantitative estimate of drug-likeness (QED) is 0.461. The van der Waals surface area contributed by atoms with Crippen LogP contribution in [0.15, 0.2) is 30.4 Å². The number of halogens is 1. The Balaban J connectivity index is 1.32. The van der Waals surface area contributed by atoms with Crippen molar-refractivity contribution in [3.8, 4) is 0 Å². The Hall–Kier alpha value is -3.68. The minimum absolute atomic E-state index is 0.0263. The Kier molecular flexibility index (Phi) is 7.95. The van der Waals surface area contributed by atoms with Crippen LogP contribution in [0.3, 0.4) is 0 Å². The highest BCUT2D eigenvalue weighted by molar-refractivity contribution is 7.90. The van der Waals surface area contributed by atoms with Crippen molar-refractivity contribution in [2.45, 2.75) is 101 Å². The third-order valence-electron chi connectivity index (χ3n) is 8.10. The fraction of sp³-hybridized carbons (Fsp3) is 0.586. The molecule has 12 nitrogen and oxygen atoms in total. The number of hydrogen-bond acceptors (Lipinski definition) is 8. The third-order valence-corrected chi connectivity index (χ3v) is 9.92. The summed E-state index contributed by atoms with van der Waals surface area (Å²) >= 11 is 0. The van der Waals surface area contributed by atoms with Crippen molar-refractivity contribution in [1.82, 2.24) is 19.8 Å². The van der Waals surface area contributed by atoms with Crippen LogP contribution in [0, 0.1) is 5.82 Å². The summed E-state index contributed by atoms with van der Waals surface area (Å²) in [5.41, 5.74) is -0.717. The van der Waals surface area contributed by atoms with Crippen LogP contribution in [0.5, 0.6) is 0 Å². The van der Waals surface area contributed by atoms with Crippen molar-refractivity contribution in [2.24, 2.45) is 0 Å². The van der Waals surface area contributed by atoms with E-state index in [1.165, 1.54) is 11.0 Å². The molecule has 2 aliphatic heterocycles. The summed E-state index contributed by atoms with van der Waals surface area (Å²) in [7, 11) is -3.88. The van der Waals surface area contributed by atoms with Gasteiger partial charge in [0.1, 0.15) is 29.1 Å². The first-order valence-electron chi connectivity index (χ1n) is 14.3. The first-order valence-corrected chi connectivity index (χ1v) is 15.9. The van der Waals surface area contributed by atoms with E-state index in [1.807, 2.05) is 0 Å². The minimum atomic E-state index is -3.88. The van der Waals surface area contributed by atoms with E-state index in [-0.39, 0.29) is 38.9 Å². The fourth-order valence-corrected chi connectivity index (χ4v) is 7.12. The summed E-state index contributed by atoms with van der Waals surface area (Å²) in [6, 6.07) is 3.43. The highest BCUT2D eigenvalue weighted by Crippen LogP contribution is 2.36. The summed E-state index contributed by atoms with van der Waals surface area (Å²) in [4.78, 5) is 55.8. The van der Waals surface area contributed by atoms with Gasteiger partial charge >= 0.3 is 12.2 Å². The zero-order valence-electron chi connectivity index (χ0n) is 24.5. The monoisotopic (exact) mass is 620 g/mol. The lowest BCUT2D eigenvalue weighted by atomic mass is 9.95. The maximum Gasteiger partial charge on any atom is 0.411 e. The first kappa shape index (κ1) is 30.8. The van der Waals surface area contributed by atoms with Crippen LogP contribution in [0.1, 0.15) is 70.4 Å². The van der Waals surface area contributed by atoms with E-state index in [4.69, 9.17) is 9.47 Å². The molecular formula is C29H37FN4O8S. The van der Waals surface area contributed by atoms with Crippen molar-refractivity contribution in [1.29, 1.82) is 0 Å². The van der Waals surface area contributed by atoms with Gasteiger partial charge < -0.3 is 14.8 Å². The Morgan fingerprint density at radius 2 is 1.84 bits per heavy atom. The molecule has 2 aliphatic carbocycles. The molecule has 4 aliphatic rings. The molecule has 2 heterocycles. The number of carbonyl (C=O) groups excluding carboxylic acids is 4. The first-order chi connectivity index (χ1) is 20.1. The van der Waals surface area contributed by atoms with Crippen LogP contribution in [0.2, 0.25) is 0 Å². The average Bonchev–Trinajstić information content (AvgIpc) is 3.37. The molecule has 0 unspecified atom stereocenters. The van der Waals surface area contributed by atoms with Gasteiger partial charge in [0.15, 0.2) is 0 Å². The Bertz CT molecular complexity index is 1470. The molecule has 0 spiro atoms. The molecular weight excluding hydrogens is 583 g/mol. The lowest BCUT2D eigenvalue weighted by Crippen LogP contribution is -2.61. The van der Waals surface area contributed by atoms with E-state index in [0.29, 0.717) is 36.0 Å². The molecule has 0 bridgehead atoms. The average molecular weight is 621 g/mol. The van der Waals surface area contributed by atoms with Crippen molar-refractivity contribution < 1.29 is 41.5 Å².